The molecular formula is C14H21N3O4. The van der Waals surface area contributed by atoms with Crippen molar-refractivity contribution in [2.45, 2.75) is 25.9 Å². The lowest BCUT2D eigenvalue weighted by Crippen LogP contribution is -2.42. The highest BCUT2D eigenvalue weighted by molar-refractivity contribution is 5.81. The van der Waals surface area contributed by atoms with Crippen LogP contribution in [-0.2, 0) is 16.1 Å². The van der Waals surface area contributed by atoms with E-state index in [1.807, 2.05) is 0 Å². The van der Waals surface area contributed by atoms with Gasteiger partial charge in [-0.3, -0.25) is 14.9 Å². The first kappa shape index (κ1) is 17.1. The first-order chi connectivity index (χ1) is 10.0. The van der Waals surface area contributed by atoms with Crippen LogP contribution in [-0.4, -0.2) is 37.1 Å². The van der Waals surface area contributed by atoms with Crippen LogP contribution in [0.2, 0.25) is 0 Å². The molecule has 7 nitrogen and oxygen atoms in total. The minimum Gasteiger partial charge on any atom is -0.385 e. The summed E-state index contributed by atoms with van der Waals surface area (Å²) in [7, 11) is 1.62. The summed E-state index contributed by atoms with van der Waals surface area (Å²) >= 11 is 0. The number of carbonyl (C=O) groups is 1. The lowest BCUT2D eigenvalue weighted by molar-refractivity contribution is -0.384. The largest absolute Gasteiger partial charge is 0.385 e. The van der Waals surface area contributed by atoms with Crippen molar-refractivity contribution >= 4 is 11.6 Å². The van der Waals surface area contributed by atoms with Crippen LogP contribution >= 0.6 is 0 Å². The standard InChI is InChI=1S/C14H21N3O4/c1-11(14(18)15-8-3-9-21-2)16-10-12-4-6-13(7-5-12)17(19)20/h4-7,11,16H,3,8-10H2,1-2H3,(H,15,18). The van der Waals surface area contributed by atoms with Crippen LogP contribution in [0.1, 0.15) is 18.9 Å². The molecule has 7 heteroatoms. The van der Waals surface area contributed by atoms with E-state index in [4.69, 9.17) is 4.74 Å². The normalized spacial score (nSPS) is 11.9. The molecule has 1 amide bonds. The molecule has 0 spiro atoms. The van der Waals surface area contributed by atoms with Crippen molar-refractivity contribution in [1.82, 2.24) is 10.6 Å². The molecule has 21 heavy (non-hydrogen) atoms. The Hall–Kier alpha value is -1.99. The summed E-state index contributed by atoms with van der Waals surface area (Å²) in [6.07, 6.45) is 0.775. The number of ether oxygens (including phenoxy) is 1. The van der Waals surface area contributed by atoms with Crippen LogP contribution in [0.15, 0.2) is 24.3 Å². The molecule has 0 heterocycles. The van der Waals surface area contributed by atoms with Gasteiger partial charge in [0.05, 0.1) is 11.0 Å². The predicted molar refractivity (Wildman–Crippen MR) is 78.9 cm³/mol. The number of carbonyl (C=O) groups excluding carboxylic acids is 1. The Morgan fingerprint density at radius 2 is 2.05 bits per heavy atom. The number of nitrogens with zero attached hydrogens (tertiary/aromatic N) is 1. The average molecular weight is 295 g/mol. The first-order valence-electron chi connectivity index (χ1n) is 6.78. The van der Waals surface area contributed by atoms with Gasteiger partial charge in [0.1, 0.15) is 0 Å². The van der Waals surface area contributed by atoms with E-state index in [0.717, 1.165) is 12.0 Å². The lowest BCUT2D eigenvalue weighted by atomic mass is 10.2. The predicted octanol–water partition coefficient (Wildman–Crippen LogP) is 1.23. The number of nitro benzene ring substituents is 1. The third-order valence-electron chi connectivity index (χ3n) is 2.98. The van der Waals surface area contributed by atoms with Crippen molar-refractivity contribution in [1.29, 1.82) is 0 Å². The summed E-state index contributed by atoms with van der Waals surface area (Å²) in [5, 5.41) is 16.4. The van der Waals surface area contributed by atoms with Crippen molar-refractivity contribution in [2.75, 3.05) is 20.3 Å². The summed E-state index contributed by atoms with van der Waals surface area (Å²) in [6, 6.07) is 5.92. The van der Waals surface area contributed by atoms with E-state index in [9.17, 15) is 14.9 Å². The topological polar surface area (TPSA) is 93.5 Å². The van der Waals surface area contributed by atoms with Crippen LogP contribution in [0.3, 0.4) is 0 Å². The molecule has 0 bridgehead atoms. The first-order valence-corrected chi connectivity index (χ1v) is 6.78. The highest BCUT2D eigenvalue weighted by Crippen LogP contribution is 2.11. The van der Waals surface area contributed by atoms with Gasteiger partial charge >= 0.3 is 0 Å². The Morgan fingerprint density at radius 1 is 1.38 bits per heavy atom. The third kappa shape index (κ3) is 6.33. The van der Waals surface area contributed by atoms with Gasteiger partial charge in [-0.15, -0.1) is 0 Å². The zero-order chi connectivity index (χ0) is 15.7. The van der Waals surface area contributed by atoms with Crippen LogP contribution in [0, 0.1) is 10.1 Å². The molecule has 116 valence electrons. The molecule has 0 aromatic heterocycles. The molecule has 0 radical (unpaired) electrons. The molecule has 1 atom stereocenters. The highest BCUT2D eigenvalue weighted by atomic mass is 16.6. The Morgan fingerprint density at radius 3 is 2.62 bits per heavy atom. The van der Waals surface area contributed by atoms with Gasteiger partial charge in [0.15, 0.2) is 0 Å². The molecule has 1 aromatic rings. The van der Waals surface area contributed by atoms with E-state index in [0.29, 0.717) is 19.7 Å². The van der Waals surface area contributed by atoms with Gasteiger partial charge in [0.2, 0.25) is 5.91 Å². The van der Waals surface area contributed by atoms with Gasteiger partial charge in [-0.25, -0.2) is 0 Å². The van der Waals surface area contributed by atoms with E-state index < -0.39 is 4.92 Å². The van der Waals surface area contributed by atoms with Crippen molar-refractivity contribution in [3.63, 3.8) is 0 Å². The highest BCUT2D eigenvalue weighted by Gasteiger charge is 2.11. The van der Waals surface area contributed by atoms with Crippen molar-refractivity contribution < 1.29 is 14.5 Å². The third-order valence-corrected chi connectivity index (χ3v) is 2.98. The van der Waals surface area contributed by atoms with Crippen molar-refractivity contribution in [2.24, 2.45) is 0 Å². The van der Waals surface area contributed by atoms with E-state index in [1.165, 1.54) is 12.1 Å². The SMILES string of the molecule is COCCCNC(=O)C(C)NCc1ccc([N+](=O)[O-])cc1. The quantitative estimate of drug-likeness (QED) is 0.406. The van der Waals surface area contributed by atoms with Crippen molar-refractivity contribution in [3.8, 4) is 0 Å². The minimum absolute atomic E-state index is 0.0580. The maximum absolute atomic E-state index is 11.8. The molecule has 0 aliphatic heterocycles. The van der Waals surface area contributed by atoms with Crippen LogP contribution in [0.5, 0.6) is 0 Å². The second-order valence-electron chi connectivity index (χ2n) is 4.66. The van der Waals surface area contributed by atoms with Gasteiger partial charge < -0.3 is 15.4 Å². The maximum atomic E-state index is 11.8. The summed E-state index contributed by atoms with van der Waals surface area (Å²) < 4.78 is 4.90. The van der Waals surface area contributed by atoms with E-state index in [2.05, 4.69) is 10.6 Å². The maximum Gasteiger partial charge on any atom is 0.269 e. The monoisotopic (exact) mass is 295 g/mol. The number of rotatable bonds is 9. The van der Waals surface area contributed by atoms with Gasteiger partial charge in [0.25, 0.3) is 5.69 Å². The second kappa shape index (κ2) is 9.04. The Bertz CT molecular complexity index is 462. The molecule has 0 saturated heterocycles. The van der Waals surface area contributed by atoms with Gasteiger partial charge in [-0.1, -0.05) is 12.1 Å². The summed E-state index contributed by atoms with van der Waals surface area (Å²) in [6.45, 7) is 3.45. The van der Waals surface area contributed by atoms with Crippen molar-refractivity contribution in [3.05, 3.63) is 39.9 Å². The van der Waals surface area contributed by atoms with Gasteiger partial charge in [-0.2, -0.15) is 0 Å². The van der Waals surface area contributed by atoms with Crippen LogP contribution in [0.25, 0.3) is 0 Å². The summed E-state index contributed by atoms with van der Waals surface area (Å²) in [5.41, 5.74) is 0.947. The number of non-ortho nitro benzene ring substituents is 1. The molecule has 1 rings (SSSR count). The number of methoxy groups -OCH3 is 1. The Balaban J connectivity index is 2.33. The smallest absolute Gasteiger partial charge is 0.269 e. The molecule has 0 aliphatic carbocycles. The minimum atomic E-state index is -0.437. The molecule has 0 aliphatic rings. The van der Waals surface area contributed by atoms with Gasteiger partial charge in [-0.05, 0) is 18.9 Å². The number of hydrogen-bond donors (Lipinski definition) is 2. The summed E-state index contributed by atoms with van der Waals surface area (Å²) in [4.78, 5) is 21.9. The fraction of sp³-hybridized carbons (Fsp3) is 0.500. The average Bonchev–Trinajstić information content (AvgIpc) is 2.49. The van der Waals surface area contributed by atoms with Crippen LogP contribution in [0.4, 0.5) is 5.69 Å². The van der Waals surface area contributed by atoms with E-state index in [-0.39, 0.29) is 17.6 Å². The molecule has 1 unspecified atom stereocenters. The number of hydrogen-bond acceptors (Lipinski definition) is 5. The lowest BCUT2D eigenvalue weighted by Gasteiger charge is -2.14. The number of benzene rings is 1. The summed E-state index contributed by atoms with van der Waals surface area (Å²) in [5.74, 6) is -0.0759. The second-order valence-corrected chi connectivity index (χ2v) is 4.66. The zero-order valence-corrected chi connectivity index (χ0v) is 12.3. The fourth-order valence-electron chi connectivity index (χ4n) is 1.68. The zero-order valence-electron chi connectivity index (χ0n) is 12.3. The van der Waals surface area contributed by atoms with E-state index >= 15 is 0 Å². The molecule has 0 saturated carbocycles. The number of amides is 1. The fourth-order valence-corrected chi connectivity index (χ4v) is 1.68. The molecule has 0 fully saturated rings. The van der Waals surface area contributed by atoms with Crippen LogP contribution < -0.4 is 10.6 Å². The molecule has 1 aromatic carbocycles. The number of nitrogens with one attached hydrogen (secondary N) is 2. The number of nitro groups is 1. The Labute approximate surface area is 123 Å². The Kier molecular flexibility index (Phi) is 7.34. The van der Waals surface area contributed by atoms with E-state index in [1.54, 1.807) is 26.2 Å². The molecular weight excluding hydrogens is 274 g/mol. The molecule has 2 N–H and O–H groups in total. The van der Waals surface area contributed by atoms with Gasteiger partial charge in [0, 0.05) is 38.9 Å².